The van der Waals surface area contributed by atoms with Crippen LogP contribution >= 0.6 is 0 Å². The van der Waals surface area contributed by atoms with Gasteiger partial charge in [-0.1, -0.05) is 6.92 Å². The molecule has 2 N–H and O–H groups in total. The molecule has 0 radical (unpaired) electrons. The summed E-state index contributed by atoms with van der Waals surface area (Å²) in [6.07, 6.45) is 4.07. The van der Waals surface area contributed by atoms with Gasteiger partial charge in [0, 0.05) is 11.1 Å². The predicted octanol–water partition coefficient (Wildman–Crippen LogP) is 2.76. The zero-order valence-corrected chi connectivity index (χ0v) is 11.3. The summed E-state index contributed by atoms with van der Waals surface area (Å²) < 4.78 is 0. The molecule has 1 saturated carbocycles. The molecule has 1 aliphatic rings. The van der Waals surface area contributed by atoms with Crippen LogP contribution in [-0.4, -0.2) is 22.5 Å². The second-order valence-electron chi connectivity index (χ2n) is 5.33. The predicted molar refractivity (Wildman–Crippen MR) is 72.5 cm³/mol. The number of aromatic carboxylic acids is 1. The van der Waals surface area contributed by atoms with E-state index < -0.39 is 5.97 Å². The highest BCUT2D eigenvalue weighted by Gasteiger charge is 2.36. The number of carboxylic acids is 1. The summed E-state index contributed by atoms with van der Waals surface area (Å²) in [6.45, 7) is 3.86. The molecule has 4 nitrogen and oxygen atoms in total. The van der Waals surface area contributed by atoms with E-state index in [2.05, 4.69) is 12.2 Å². The molecule has 0 aromatic heterocycles. The van der Waals surface area contributed by atoms with E-state index in [1.807, 2.05) is 0 Å². The lowest BCUT2D eigenvalue weighted by Crippen LogP contribution is -2.53. The van der Waals surface area contributed by atoms with E-state index in [0.29, 0.717) is 5.56 Å². The number of hydrogen-bond donors (Lipinski definition) is 2. The fourth-order valence-electron chi connectivity index (χ4n) is 2.52. The largest absolute Gasteiger partial charge is 0.478 e. The first-order valence-corrected chi connectivity index (χ1v) is 6.63. The van der Waals surface area contributed by atoms with Gasteiger partial charge in [-0.15, -0.1) is 0 Å². The number of amides is 1. The quantitative estimate of drug-likeness (QED) is 0.875. The second kappa shape index (κ2) is 5.03. The minimum atomic E-state index is -1.01. The molecule has 2 rings (SSSR count). The first kappa shape index (κ1) is 13.6. The van der Waals surface area contributed by atoms with Crippen LogP contribution in [0.15, 0.2) is 18.2 Å². The molecular weight excluding hydrogens is 242 g/mol. The first-order chi connectivity index (χ1) is 8.96. The summed E-state index contributed by atoms with van der Waals surface area (Å²) in [4.78, 5) is 23.2. The van der Waals surface area contributed by atoms with Crippen molar-refractivity contribution in [3.05, 3.63) is 34.9 Å². The van der Waals surface area contributed by atoms with Gasteiger partial charge in [0.05, 0.1) is 5.56 Å². The van der Waals surface area contributed by atoms with E-state index in [4.69, 9.17) is 5.11 Å². The van der Waals surface area contributed by atoms with Gasteiger partial charge in [0.1, 0.15) is 0 Å². The molecule has 0 heterocycles. The standard InChI is InChI=1S/C15H19NO3/c1-3-15(5-4-6-15)16-13(17)11-7-10(2)8-12(9-11)14(18)19/h7-9H,3-6H2,1-2H3,(H,16,17)(H,18,19). The van der Waals surface area contributed by atoms with Gasteiger partial charge in [0.2, 0.25) is 0 Å². The highest BCUT2D eigenvalue weighted by molar-refractivity contribution is 5.98. The average Bonchev–Trinajstić information content (AvgIpc) is 2.32. The Kier molecular flexibility index (Phi) is 3.60. The molecule has 19 heavy (non-hydrogen) atoms. The Balaban J connectivity index is 2.21. The molecule has 0 unspecified atom stereocenters. The minimum Gasteiger partial charge on any atom is -0.478 e. The molecule has 4 heteroatoms. The van der Waals surface area contributed by atoms with Crippen LogP contribution in [0.4, 0.5) is 0 Å². The van der Waals surface area contributed by atoms with Gasteiger partial charge >= 0.3 is 5.97 Å². The molecule has 0 bridgehead atoms. The summed E-state index contributed by atoms with van der Waals surface area (Å²) in [5, 5.41) is 12.1. The molecular formula is C15H19NO3. The smallest absolute Gasteiger partial charge is 0.335 e. The van der Waals surface area contributed by atoms with Crippen molar-refractivity contribution in [2.24, 2.45) is 0 Å². The summed E-state index contributed by atoms with van der Waals surface area (Å²) in [5.41, 5.74) is 1.29. The third kappa shape index (κ3) is 2.78. The van der Waals surface area contributed by atoms with Crippen molar-refractivity contribution >= 4 is 11.9 Å². The van der Waals surface area contributed by atoms with Gasteiger partial charge in [-0.3, -0.25) is 4.79 Å². The van der Waals surface area contributed by atoms with Crippen molar-refractivity contribution < 1.29 is 14.7 Å². The third-order valence-electron chi connectivity index (χ3n) is 3.95. The van der Waals surface area contributed by atoms with Crippen LogP contribution in [0.3, 0.4) is 0 Å². The Morgan fingerprint density at radius 2 is 1.89 bits per heavy atom. The number of aryl methyl sites for hydroxylation is 1. The van der Waals surface area contributed by atoms with E-state index >= 15 is 0 Å². The van der Waals surface area contributed by atoms with Crippen LogP contribution in [0, 0.1) is 6.92 Å². The van der Waals surface area contributed by atoms with Crippen LogP contribution in [0.2, 0.25) is 0 Å². The fourth-order valence-corrected chi connectivity index (χ4v) is 2.52. The average molecular weight is 261 g/mol. The van der Waals surface area contributed by atoms with Crippen molar-refractivity contribution in [3.63, 3.8) is 0 Å². The Morgan fingerprint density at radius 1 is 1.26 bits per heavy atom. The number of rotatable bonds is 4. The molecule has 1 aromatic rings. The highest BCUT2D eigenvalue weighted by Crippen LogP contribution is 2.34. The molecule has 0 atom stereocenters. The number of carboxylic acid groups (broad SMARTS) is 1. The van der Waals surface area contributed by atoms with Crippen molar-refractivity contribution in [3.8, 4) is 0 Å². The van der Waals surface area contributed by atoms with Gasteiger partial charge in [-0.2, -0.15) is 0 Å². The van der Waals surface area contributed by atoms with Crippen LogP contribution in [0.25, 0.3) is 0 Å². The van der Waals surface area contributed by atoms with E-state index in [1.54, 1.807) is 19.1 Å². The number of carbonyl (C=O) groups is 2. The number of nitrogens with one attached hydrogen (secondary N) is 1. The maximum Gasteiger partial charge on any atom is 0.335 e. The van der Waals surface area contributed by atoms with Gasteiger partial charge in [0.25, 0.3) is 5.91 Å². The number of hydrogen-bond acceptors (Lipinski definition) is 2. The molecule has 0 aliphatic heterocycles. The third-order valence-corrected chi connectivity index (χ3v) is 3.95. The maximum absolute atomic E-state index is 12.2. The minimum absolute atomic E-state index is 0.0792. The number of carbonyl (C=O) groups excluding carboxylic acids is 1. The van der Waals surface area contributed by atoms with E-state index in [0.717, 1.165) is 31.2 Å². The lowest BCUT2D eigenvalue weighted by atomic mass is 9.74. The SMILES string of the molecule is CCC1(NC(=O)c2cc(C)cc(C(=O)O)c2)CCC1. The molecule has 1 amide bonds. The summed E-state index contributed by atoms with van der Waals surface area (Å²) in [5.74, 6) is -1.18. The lowest BCUT2D eigenvalue weighted by molar-refractivity contribution is 0.0696. The lowest BCUT2D eigenvalue weighted by Gasteiger charge is -2.42. The van der Waals surface area contributed by atoms with Crippen molar-refractivity contribution in [2.45, 2.75) is 45.1 Å². The van der Waals surface area contributed by atoms with Crippen LogP contribution < -0.4 is 5.32 Å². The molecule has 102 valence electrons. The Labute approximate surface area is 112 Å². The second-order valence-corrected chi connectivity index (χ2v) is 5.33. The monoisotopic (exact) mass is 261 g/mol. The molecule has 1 aliphatic carbocycles. The normalized spacial score (nSPS) is 16.5. The zero-order valence-electron chi connectivity index (χ0n) is 11.3. The van der Waals surface area contributed by atoms with Crippen molar-refractivity contribution in [1.29, 1.82) is 0 Å². The van der Waals surface area contributed by atoms with Crippen molar-refractivity contribution in [2.75, 3.05) is 0 Å². The molecule has 1 aromatic carbocycles. The maximum atomic E-state index is 12.2. The van der Waals surface area contributed by atoms with Gasteiger partial charge in [-0.25, -0.2) is 4.79 Å². The summed E-state index contributed by atoms with van der Waals surface area (Å²) in [7, 11) is 0. The van der Waals surface area contributed by atoms with Crippen molar-refractivity contribution in [1.82, 2.24) is 5.32 Å². The molecule has 0 spiro atoms. The Morgan fingerprint density at radius 3 is 2.37 bits per heavy atom. The van der Waals surface area contributed by atoms with Crippen LogP contribution in [0.5, 0.6) is 0 Å². The van der Waals surface area contributed by atoms with E-state index in [1.165, 1.54) is 6.07 Å². The van der Waals surface area contributed by atoms with E-state index in [-0.39, 0.29) is 17.0 Å². The first-order valence-electron chi connectivity index (χ1n) is 6.63. The Hall–Kier alpha value is -1.84. The number of benzene rings is 1. The van der Waals surface area contributed by atoms with Gasteiger partial charge < -0.3 is 10.4 Å². The van der Waals surface area contributed by atoms with E-state index in [9.17, 15) is 9.59 Å². The van der Waals surface area contributed by atoms with Crippen LogP contribution in [0.1, 0.15) is 58.9 Å². The fraction of sp³-hybridized carbons (Fsp3) is 0.467. The zero-order chi connectivity index (χ0) is 14.0. The van der Waals surface area contributed by atoms with Gasteiger partial charge in [-0.05, 0) is 56.4 Å². The van der Waals surface area contributed by atoms with Crippen LogP contribution in [-0.2, 0) is 0 Å². The molecule has 0 saturated heterocycles. The Bertz CT molecular complexity index is 513. The molecule has 1 fully saturated rings. The highest BCUT2D eigenvalue weighted by atomic mass is 16.4. The summed E-state index contributed by atoms with van der Waals surface area (Å²) >= 11 is 0. The van der Waals surface area contributed by atoms with Gasteiger partial charge in [0.15, 0.2) is 0 Å². The topological polar surface area (TPSA) is 66.4 Å². The summed E-state index contributed by atoms with van der Waals surface area (Å²) in [6, 6.07) is 4.73.